The predicted molar refractivity (Wildman–Crippen MR) is 102 cm³/mol. The highest BCUT2D eigenvalue weighted by atomic mass is 16.2. The second kappa shape index (κ2) is 7.03. The van der Waals surface area contributed by atoms with Crippen molar-refractivity contribution in [1.29, 1.82) is 0 Å². The maximum absolute atomic E-state index is 12.6. The fourth-order valence-electron chi connectivity index (χ4n) is 3.90. The van der Waals surface area contributed by atoms with E-state index in [9.17, 15) is 9.59 Å². The maximum Gasteiger partial charge on any atom is 0.268 e. The summed E-state index contributed by atoms with van der Waals surface area (Å²) in [6.07, 6.45) is 5.52. The minimum atomic E-state index is -0.211. The van der Waals surface area contributed by atoms with Gasteiger partial charge in [0.05, 0.1) is 0 Å². The molecule has 1 aromatic heterocycles. The van der Waals surface area contributed by atoms with E-state index in [-0.39, 0.29) is 17.5 Å². The molecule has 1 aliphatic rings. The van der Waals surface area contributed by atoms with Gasteiger partial charge in [-0.05, 0) is 54.5 Å². The number of benzene rings is 1. The number of aromatic amines is 1. The molecule has 1 aromatic carbocycles. The number of carbonyl (C=O) groups is 1. The number of carbonyl (C=O) groups excluding carboxylic acids is 1. The molecule has 0 spiro atoms. The van der Waals surface area contributed by atoms with Gasteiger partial charge in [0.25, 0.3) is 11.5 Å². The van der Waals surface area contributed by atoms with Crippen LogP contribution >= 0.6 is 0 Å². The third-order valence-corrected chi connectivity index (χ3v) is 6.08. The fraction of sp³-hybridized carbons (Fsp3) is 0.524. The van der Waals surface area contributed by atoms with Gasteiger partial charge in [-0.2, -0.15) is 0 Å². The Hall–Kier alpha value is -2.10. The van der Waals surface area contributed by atoms with Crippen LogP contribution in [0.25, 0.3) is 10.8 Å². The summed E-state index contributed by atoms with van der Waals surface area (Å²) in [5.74, 6) is 0.548. The lowest BCUT2D eigenvalue weighted by atomic mass is 9.69. The minimum Gasteiger partial charge on any atom is -0.348 e. The quantitative estimate of drug-likeness (QED) is 0.874. The van der Waals surface area contributed by atoms with Crippen molar-refractivity contribution in [2.45, 2.75) is 58.9 Å². The van der Waals surface area contributed by atoms with Crippen molar-refractivity contribution in [3.63, 3.8) is 0 Å². The monoisotopic (exact) mass is 340 g/mol. The van der Waals surface area contributed by atoms with Gasteiger partial charge in [0.15, 0.2) is 0 Å². The third kappa shape index (κ3) is 3.78. The number of rotatable bonds is 4. The molecule has 0 atom stereocenters. The first-order valence-corrected chi connectivity index (χ1v) is 9.33. The number of nitrogens with one attached hydrogen (secondary N) is 2. The Morgan fingerprint density at radius 3 is 2.56 bits per heavy atom. The lowest BCUT2D eigenvalue weighted by Gasteiger charge is -2.39. The van der Waals surface area contributed by atoms with Crippen LogP contribution in [0.1, 0.15) is 63.4 Å². The predicted octanol–water partition coefficient (Wildman–Crippen LogP) is 4.25. The van der Waals surface area contributed by atoms with Gasteiger partial charge in [0, 0.05) is 11.4 Å². The molecule has 4 nitrogen and oxygen atoms in total. The Labute approximate surface area is 149 Å². The highest BCUT2D eigenvalue weighted by molar-refractivity contribution is 5.96. The smallest absolute Gasteiger partial charge is 0.268 e. The van der Waals surface area contributed by atoms with E-state index in [1.165, 1.54) is 6.42 Å². The SMILES string of the molecule is CCC(C)(C)C1CCC(NC(=O)c2cc3ccccc3c(=O)[nH]2)CC1. The number of aromatic nitrogens is 1. The van der Waals surface area contributed by atoms with Crippen LogP contribution in [0.3, 0.4) is 0 Å². The van der Waals surface area contributed by atoms with Crippen LogP contribution in [-0.2, 0) is 0 Å². The van der Waals surface area contributed by atoms with Crippen LogP contribution in [-0.4, -0.2) is 16.9 Å². The van der Waals surface area contributed by atoms with Crippen LogP contribution in [0, 0.1) is 11.3 Å². The van der Waals surface area contributed by atoms with Gasteiger partial charge in [0.1, 0.15) is 5.69 Å². The summed E-state index contributed by atoms with van der Waals surface area (Å²) < 4.78 is 0. The number of hydrogen-bond donors (Lipinski definition) is 2. The Morgan fingerprint density at radius 2 is 1.88 bits per heavy atom. The van der Waals surface area contributed by atoms with Crippen molar-refractivity contribution in [3.8, 4) is 0 Å². The van der Waals surface area contributed by atoms with Gasteiger partial charge in [-0.3, -0.25) is 9.59 Å². The van der Waals surface area contributed by atoms with E-state index in [1.807, 2.05) is 18.2 Å². The summed E-state index contributed by atoms with van der Waals surface area (Å²) >= 11 is 0. The normalized spacial score (nSPS) is 21.2. The van der Waals surface area contributed by atoms with Crippen LogP contribution in [0.4, 0.5) is 0 Å². The molecule has 2 N–H and O–H groups in total. The maximum atomic E-state index is 12.6. The van der Waals surface area contributed by atoms with Crippen LogP contribution < -0.4 is 10.9 Å². The van der Waals surface area contributed by atoms with E-state index >= 15 is 0 Å². The van der Waals surface area contributed by atoms with E-state index < -0.39 is 0 Å². The van der Waals surface area contributed by atoms with Crippen LogP contribution in [0.2, 0.25) is 0 Å². The molecular weight excluding hydrogens is 312 g/mol. The van der Waals surface area contributed by atoms with Crippen molar-refractivity contribution in [2.24, 2.45) is 11.3 Å². The summed E-state index contributed by atoms with van der Waals surface area (Å²) in [7, 11) is 0. The second-order valence-electron chi connectivity index (χ2n) is 7.96. The van der Waals surface area contributed by atoms with Gasteiger partial charge in [-0.15, -0.1) is 0 Å². The first kappa shape index (κ1) is 17.7. The van der Waals surface area contributed by atoms with Crippen molar-refractivity contribution >= 4 is 16.7 Å². The van der Waals surface area contributed by atoms with E-state index in [0.29, 0.717) is 16.5 Å². The topological polar surface area (TPSA) is 62.0 Å². The van der Waals surface area contributed by atoms with E-state index in [4.69, 9.17) is 0 Å². The first-order chi connectivity index (χ1) is 11.9. The highest BCUT2D eigenvalue weighted by Gasteiger charge is 2.32. The third-order valence-electron chi connectivity index (χ3n) is 6.08. The molecule has 0 bridgehead atoms. The largest absolute Gasteiger partial charge is 0.348 e. The molecule has 0 radical (unpaired) electrons. The fourth-order valence-corrected chi connectivity index (χ4v) is 3.90. The Kier molecular flexibility index (Phi) is 4.98. The number of fused-ring (bicyclic) bond motifs is 1. The van der Waals surface area contributed by atoms with Crippen LogP contribution in [0.15, 0.2) is 35.1 Å². The van der Waals surface area contributed by atoms with Gasteiger partial charge in [-0.1, -0.05) is 45.4 Å². The zero-order chi connectivity index (χ0) is 18.0. The molecule has 1 saturated carbocycles. The minimum absolute atomic E-state index is 0.180. The molecule has 0 unspecified atom stereocenters. The average molecular weight is 340 g/mol. The zero-order valence-corrected chi connectivity index (χ0v) is 15.4. The van der Waals surface area contributed by atoms with E-state index in [1.54, 1.807) is 12.1 Å². The summed E-state index contributed by atoms with van der Waals surface area (Å²) in [6.45, 7) is 6.94. The van der Waals surface area contributed by atoms with Crippen molar-refractivity contribution in [3.05, 3.63) is 46.4 Å². The lowest BCUT2D eigenvalue weighted by molar-refractivity contribution is 0.0888. The molecule has 25 heavy (non-hydrogen) atoms. The average Bonchev–Trinajstić information content (AvgIpc) is 2.62. The summed E-state index contributed by atoms with van der Waals surface area (Å²) in [4.78, 5) is 27.4. The molecule has 1 aliphatic carbocycles. The molecule has 4 heteroatoms. The Balaban J connectivity index is 1.67. The summed E-state index contributed by atoms with van der Waals surface area (Å²) in [6, 6.07) is 9.30. The number of H-pyrrole nitrogens is 1. The number of pyridine rings is 1. The molecule has 1 amide bonds. The van der Waals surface area contributed by atoms with E-state index in [2.05, 4.69) is 31.1 Å². The van der Waals surface area contributed by atoms with Crippen LogP contribution in [0.5, 0.6) is 0 Å². The molecule has 1 fully saturated rings. The summed E-state index contributed by atoms with van der Waals surface area (Å²) in [5, 5.41) is 4.52. The molecule has 0 aliphatic heterocycles. The van der Waals surface area contributed by atoms with Crippen molar-refractivity contribution in [2.75, 3.05) is 0 Å². The Bertz CT molecular complexity index is 814. The van der Waals surface area contributed by atoms with Gasteiger partial charge in [0.2, 0.25) is 0 Å². The first-order valence-electron chi connectivity index (χ1n) is 9.33. The molecule has 3 rings (SSSR count). The standard InChI is InChI=1S/C21H28N2O2/c1-4-21(2,3)15-9-11-16(12-10-15)22-20(25)18-13-14-7-5-6-8-17(14)19(24)23-18/h5-8,13,15-16H,4,9-12H2,1-3H3,(H,22,25)(H,23,24). The molecule has 0 saturated heterocycles. The highest BCUT2D eigenvalue weighted by Crippen LogP contribution is 2.40. The van der Waals surface area contributed by atoms with Crippen molar-refractivity contribution in [1.82, 2.24) is 10.3 Å². The van der Waals surface area contributed by atoms with Gasteiger partial charge >= 0.3 is 0 Å². The van der Waals surface area contributed by atoms with Crippen molar-refractivity contribution < 1.29 is 4.79 Å². The Morgan fingerprint density at radius 1 is 1.20 bits per heavy atom. The lowest BCUT2D eigenvalue weighted by Crippen LogP contribution is -2.40. The van der Waals surface area contributed by atoms with Gasteiger partial charge in [-0.25, -0.2) is 0 Å². The van der Waals surface area contributed by atoms with Gasteiger partial charge < -0.3 is 10.3 Å². The zero-order valence-electron chi connectivity index (χ0n) is 15.4. The molecule has 1 heterocycles. The number of hydrogen-bond acceptors (Lipinski definition) is 2. The van der Waals surface area contributed by atoms with E-state index in [0.717, 1.165) is 37.0 Å². The molecule has 134 valence electrons. The molecular formula is C21H28N2O2. The molecule has 2 aromatic rings. The number of amides is 1. The summed E-state index contributed by atoms with van der Waals surface area (Å²) in [5.41, 5.74) is 0.509. The second-order valence-corrected chi connectivity index (χ2v) is 7.96.